The molecule has 1 aliphatic rings. The minimum Gasteiger partial charge on any atom is -0.481 e. The molecule has 0 spiro atoms. The Morgan fingerprint density at radius 3 is 1.55 bits per heavy atom. The number of carbonyl (C=O) groups is 8. The van der Waals surface area contributed by atoms with Gasteiger partial charge in [0, 0.05) is 78.1 Å². The number of hydrogen-bond acceptors (Lipinski definition) is 17. The molecule has 2 unspecified atom stereocenters. The summed E-state index contributed by atoms with van der Waals surface area (Å²) in [6.45, 7) is 7.68. The molecule has 1 heterocycles. The van der Waals surface area contributed by atoms with Gasteiger partial charge in [0.1, 0.15) is 23.4 Å². The van der Waals surface area contributed by atoms with E-state index >= 15 is 0 Å². The molecule has 17 nitrogen and oxygen atoms in total. The van der Waals surface area contributed by atoms with Gasteiger partial charge in [0.15, 0.2) is 29.1 Å². The highest BCUT2D eigenvalue weighted by Gasteiger charge is 2.38. The number of rotatable bonds is 10. The maximum absolute atomic E-state index is 13.9. The van der Waals surface area contributed by atoms with Crippen molar-refractivity contribution in [3.63, 3.8) is 0 Å². The summed E-state index contributed by atoms with van der Waals surface area (Å²) in [5, 5.41) is 0. The molecule has 0 radical (unpaired) electrons. The molecule has 278 valence electrons. The van der Waals surface area contributed by atoms with Crippen molar-refractivity contribution in [1.29, 1.82) is 0 Å². The third kappa shape index (κ3) is 10.4. The van der Waals surface area contributed by atoms with Crippen molar-refractivity contribution < 1.29 is 81.0 Å². The van der Waals surface area contributed by atoms with Crippen molar-refractivity contribution >= 4 is 47.8 Å². The van der Waals surface area contributed by atoms with E-state index in [0.29, 0.717) is 0 Å². The van der Waals surface area contributed by atoms with Crippen molar-refractivity contribution in [1.82, 2.24) is 0 Å². The second kappa shape index (κ2) is 16.5. The molecule has 0 saturated carbocycles. The Balaban J connectivity index is 1.88. The average molecular weight is 737 g/mol. The van der Waals surface area contributed by atoms with Crippen molar-refractivity contribution in [2.45, 2.75) is 67.1 Å². The van der Waals surface area contributed by atoms with Crippen LogP contribution in [0.1, 0.15) is 76.1 Å². The Kier molecular flexibility index (Phi) is 12.1. The van der Waals surface area contributed by atoms with Gasteiger partial charge in [-0.05, 0) is 24.3 Å². The third-order valence-corrected chi connectivity index (χ3v) is 6.73. The SMILES string of the molecule is CC(=O)Oc1cc(OC(C)=O)c2c(c1)OC(c1ccc(OC(C)=O)c(OC(C)=O)c1)C(OC(=O)c1cc(OC(C)=O)c(OC(C)=O)c(OC(C)=O)c1)C2. The van der Waals surface area contributed by atoms with Crippen LogP contribution in [0.3, 0.4) is 0 Å². The Morgan fingerprint density at radius 2 is 1.02 bits per heavy atom. The lowest BCUT2D eigenvalue weighted by Crippen LogP contribution is -2.35. The fourth-order valence-electron chi connectivity index (χ4n) is 5.06. The molecule has 2 atom stereocenters. The van der Waals surface area contributed by atoms with Crippen molar-refractivity contribution in [3.05, 3.63) is 59.2 Å². The molecule has 0 fully saturated rings. The second-order valence-electron chi connectivity index (χ2n) is 11.2. The molecule has 3 aromatic carbocycles. The van der Waals surface area contributed by atoms with Crippen molar-refractivity contribution in [2.75, 3.05) is 0 Å². The summed E-state index contributed by atoms with van der Waals surface area (Å²) >= 11 is 0. The first-order valence-electron chi connectivity index (χ1n) is 15.6. The van der Waals surface area contributed by atoms with E-state index in [-0.39, 0.29) is 51.9 Å². The molecule has 0 bridgehead atoms. The minimum atomic E-state index is -1.30. The van der Waals surface area contributed by atoms with Gasteiger partial charge in [-0.2, -0.15) is 0 Å². The smallest absolute Gasteiger partial charge is 0.338 e. The monoisotopic (exact) mass is 736 g/mol. The maximum atomic E-state index is 13.9. The van der Waals surface area contributed by atoms with Crippen molar-refractivity contribution in [2.24, 2.45) is 0 Å². The van der Waals surface area contributed by atoms with Crippen LogP contribution in [-0.4, -0.2) is 53.9 Å². The van der Waals surface area contributed by atoms with E-state index in [1.807, 2.05) is 0 Å². The molecule has 0 N–H and O–H groups in total. The first kappa shape index (κ1) is 39.0. The van der Waals surface area contributed by atoms with Crippen molar-refractivity contribution in [3.8, 4) is 46.0 Å². The Labute approximate surface area is 300 Å². The van der Waals surface area contributed by atoms with E-state index in [9.17, 15) is 38.4 Å². The Bertz CT molecular complexity index is 1990. The lowest BCUT2D eigenvalue weighted by molar-refractivity contribution is -0.135. The van der Waals surface area contributed by atoms with Gasteiger partial charge in [-0.25, -0.2) is 4.79 Å². The summed E-state index contributed by atoms with van der Waals surface area (Å²) in [4.78, 5) is 97.2. The molecule has 17 heteroatoms. The Hall–Kier alpha value is -6.78. The summed E-state index contributed by atoms with van der Waals surface area (Å²) < 4.78 is 48.7. The van der Waals surface area contributed by atoms with Gasteiger partial charge in [0.05, 0.1) is 5.56 Å². The first-order valence-corrected chi connectivity index (χ1v) is 15.6. The fourth-order valence-corrected chi connectivity index (χ4v) is 5.06. The summed E-state index contributed by atoms with van der Waals surface area (Å²) in [7, 11) is 0. The van der Waals surface area contributed by atoms with Crippen LogP contribution in [0.15, 0.2) is 42.5 Å². The summed E-state index contributed by atoms with van der Waals surface area (Å²) in [5.74, 6) is -8.35. The number of ether oxygens (including phenoxy) is 9. The standard InChI is InChI=1S/C36H32O17/c1-16(37)45-25-13-28(47-18(3)39)26-15-33(34(52-29(26)14-25)23-8-9-27(46-17(2)38)30(10-23)48-19(4)40)53-36(44)24-11-31(49-20(5)41)35(51-22(7)43)32(12-24)50-21(6)42/h8-14,33-34H,15H2,1-7H3. The van der Waals surface area contributed by atoms with Gasteiger partial charge in [0.25, 0.3) is 0 Å². The molecule has 0 amide bonds. The highest BCUT2D eigenvalue weighted by molar-refractivity contribution is 5.92. The highest BCUT2D eigenvalue weighted by Crippen LogP contribution is 2.46. The molecular formula is C36H32O17. The van der Waals surface area contributed by atoms with Gasteiger partial charge in [-0.3, -0.25) is 33.6 Å². The lowest BCUT2D eigenvalue weighted by Gasteiger charge is -2.34. The van der Waals surface area contributed by atoms with Gasteiger partial charge >= 0.3 is 47.8 Å². The normalized spacial score (nSPS) is 14.2. The second-order valence-corrected chi connectivity index (χ2v) is 11.2. The van der Waals surface area contributed by atoms with E-state index in [0.717, 1.165) is 60.6 Å². The largest absolute Gasteiger partial charge is 0.481 e. The van der Waals surface area contributed by atoms with Crippen LogP contribution in [-0.2, 0) is 44.7 Å². The number of esters is 8. The quantitative estimate of drug-likeness (QED) is 0.211. The maximum Gasteiger partial charge on any atom is 0.338 e. The third-order valence-electron chi connectivity index (χ3n) is 6.73. The molecule has 3 aromatic rings. The van der Waals surface area contributed by atoms with Crippen LogP contribution in [0.4, 0.5) is 0 Å². The van der Waals surface area contributed by atoms with E-state index in [1.165, 1.54) is 30.3 Å². The fraction of sp³-hybridized carbons (Fsp3) is 0.278. The topological polar surface area (TPSA) is 220 Å². The van der Waals surface area contributed by atoms with Crippen LogP contribution in [0.25, 0.3) is 0 Å². The molecule has 0 saturated heterocycles. The molecule has 4 rings (SSSR count). The van der Waals surface area contributed by atoms with Gasteiger partial charge in [-0.1, -0.05) is 6.07 Å². The predicted octanol–water partition coefficient (Wildman–Crippen LogP) is 4.07. The average Bonchev–Trinajstić information content (AvgIpc) is 3.01. The van der Waals surface area contributed by atoms with Gasteiger partial charge in [0.2, 0.25) is 5.75 Å². The predicted molar refractivity (Wildman–Crippen MR) is 175 cm³/mol. The molecule has 1 aliphatic heterocycles. The van der Waals surface area contributed by atoms with E-state index in [1.54, 1.807) is 0 Å². The molecule has 0 aromatic heterocycles. The zero-order chi connectivity index (χ0) is 39.1. The first-order chi connectivity index (χ1) is 24.9. The number of carbonyl (C=O) groups excluding carboxylic acids is 8. The zero-order valence-corrected chi connectivity index (χ0v) is 29.3. The van der Waals surface area contributed by atoms with Crippen LogP contribution in [0, 0.1) is 0 Å². The van der Waals surface area contributed by atoms with E-state index < -0.39 is 77.2 Å². The molecular weight excluding hydrogens is 704 g/mol. The van der Waals surface area contributed by atoms with Crippen LogP contribution in [0.2, 0.25) is 0 Å². The summed E-state index contributed by atoms with van der Waals surface area (Å²) in [5.41, 5.74) is 0.0985. The van der Waals surface area contributed by atoms with Crippen LogP contribution in [0.5, 0.6) is 46.0 Å². The number of benzene rings is 3. The van der Waals surface area contributed by atoms with E-state index in [4.69, 9.17) is 42.6 Å². The minimum absolute atomic E-state index is 0.0450. The van der Waals surface area contributed by atoms with Gasteiger partial charge in [-0.15, -0.1) is 0 Å². The lowest BCUT2D eigenvalue weighted by atomic mass is 9.93. The summed E-state index contributed by atoms with van der Waals surface area (Å²) in [6.07, 6.45) is -2.75. The summed E-state index contributed by atoms with van der Waals surface area (Å²) in [6, 6.07) is 8.71. The highest BCUT2D eigenvalue weighted by atomic mass is 16.6. The van der Waals surface area contributed by atoms with Crippen LogP contribution >= 0.6 is 0 Å². The van der Waals surface area contributed by atoms with E-state index in [2.05, 4.69) is 0 Å². The van der Waals surface area contributed by atoms with Crippen LogP contribution < -0.4 is 37.9 Å². The zero-order valence-electron chi connectivity index (χ0n) is 29.3. The molecule has 53 heavy (non-hydrogen) atoms. The number of hydrogen-bond donors (Lipinski definition) is 0. The number of fused-ring (bicyclic) bond motifs is 1. The Morgan fingerprint density at radius 1 is 0.528 bits per heavy atom. The molecule has 0 aliphatic carbocycles. The van der Waals surface area contributed by atoms with Gasteiger partial charge < -0.3 is 42.6 Å².